The monoisotopic (exact) mass is 454 g/mol. The summed E-state index contributed by atoms with van der Waals surface area (Å²) in [7, 11) is 0. The SMILES string of the molecule is CC1=CCC[C@]2(C)Cc3c(O)c(C(=O)CC(C)C)c(O)c(C=O)c3O[C@@H]2[C@@H]2[C@@H](CC1)C2(C)C. The fraction of sp³-hybridized carbons (Fsp3) is 0.643. The zero-order valence-electron chi connectivity index (χ0n) is 20.8. The highest BCUT2D eigenvalue weighted by molar-refractivity contribution is 6.05. The van der Waals surface area contributed by atoms with E-state index in [9.17, 15) is 19.8 Å². The number of hydrogen-bond donors (Lipinski definition) is 2. The van der Waals surface area contributed by atoms with Crippen LogP contribution in [0.3, 0.4) is 0 Å². The molecule has 1 fully saturated rings. The molecule has 0 spiro atoms. The Morgan fingerprint density at radius 2 is 1.94 bits per heavy atom. The smallest absolute Gasteiger partial charge is 0.170 e. The maximum atomic E-state index is 12.9. The summed E-state index contributed by atoms with van der Waals surface area (Å²) in [5.74, 6) is 0.146. The first kappa shape index (κ1) is 23.8. The van der Waals surface area contributed by atoms with Crippen molar-refractivity contribution in [3.63, 3.8) is 0 Å². The summed E-state index contributed by atoms with van der Waals surface area (Å²) < 4.78 is 6.60. The van der Waals surface area contributed by atoms with Crippen molar-refractivity contribution < 1.29 is 24.5 Å². The summed E-state index contributed by atoms with van der Waals surface area (Å²) in [4.78, 5) is 25.0. The van der Waals surface area contributed by atoms with E-state index in [1.165, 1.54) is 5.57 Å². The van der Waals surface area contributed by atoms with E-state index in [0.29, 0.717) is 30.1 Å². The molecule has 0 aromatic heterocycles. The van der Waals surface area contributed by atoms with Crippen LogP contribution in [0.4, 0.5) is 0 Å². The van der Waals surface area contributed by atoms with Gasteiger partial charge in [0.2, 0.25) is 0 Å². The minimum atomic E-state index is -0.458. The molecular formula is C28H38O5. The Morgan fingerprint density at radius 3 is 2.58 bits per heavy atom. The molecule has 3 aliphatic rings. The van der Waals surface area contributed by atoms with Gasteiger partial charge in [0.25, 0.3) is 0 Å². The topological polar surface area (TPSA) is 83.8 Å². The molecule has 2 N–H and O–H groups in total. The number of aromatic hydroxyl groups is 2. The van der Waals surface area contributed by atoms with E-state index in [-0.39, 0.29) is 57.7 Å². The second kappa shape index (κ2) is 8.18. The molecule has 0 saturated heterocycles. The third-order valence-electron chi connectivity index (χ3n) is 8.56. The molecule has 0 radical (unpaired) electrons. The zero-order valence-corrected chi connectivity index (χ0v) is 20.8. The number of ketones is 1. The lowest BCUT2D eigenvalue weighted by Gasteiger charge is -2.44. The van der Waals surface area contributed by atoms with Crippen molar-refractivity contribution in [1.29, 1.82) is 0 Å². The molecule has 1 saturated carbocycles. The van der Waals surface area contributed by atoms with Crippen molar-refractivity contribution in [2.24, 2.45) is 28.6 Å². The van der Waals surface area contributed by atoms with E-state index in [2.05, 4.69) is 33.8 Å². The summed E-state index contributed by atoms with van der Waals surface area (Å²) in [5, 5.41) is 22.0. The molecule has 1 aliphatic heterocycles. The molecule has 2 aliphatic carbocycles. The van der Waals surface area contributed by atoms with Gasteiger partial charge in [-0.3, -0.25) is 9.59 Å². The van der Waals surface area contributed by atoms with E-state index in [1.807, 2.05) is 13.8 Å². The number of aldehydes is 1. The quantitative estimate of drug-likeness (QED) is 0.319. The molecule has 33 heavy (non-hydrogen) atoms. The summed E-state index contributed by atoms with van der Waals surface area (Å²) in [5.41, 5.74) is 1.62. The lowest BCUT2D eigenvalue weighted by atomic mass is 9.69. The van der Waals surface area contributed by atoms with Crippen LogP contribution in [-0.2, 0) is 6.42 Å². The summed E-state index contributed by atoms with van der Waals surface area (Å²) >= 11 is 0. The van der Waals surface area contributed by atoms with Crippen LogP contribution in [-0.4, -0.2) is 28.4 Å². The van der Waals surface area contributed by atoms with Gasteiger partial charge in [0.1, 0.15) is 28.9 Å². The third kappa shape index (κ3) is 3.87. The van der Waals surface area contributed by atoms with Crippen molar-refractivity contribution in [2.75, 3.05) is 0 Å². The van der Waals surface area contributed by atoms with Gasteiger partial charge in [-0.2, -0.15) is 0 Å². The van der Waals surface area contributed by atoms with Crippen LogP contribution in [0.15, 0.2) is 11.6 Å². The van der Waals surface area contributed by atoms with Crippen LogP contribution in [0.25, 0.3) is 0 Å². The fourth-order valence-corrected chi connectivity index (χ4v) is 6.50. The number of carbonyl (C=O) groups is 2. The van der Waals surface area contributed by atoms with Gasteiger partial charge < -0.3 is 14.9 Å². The summed E-state index contributed by atoms with van der Waals surface area (Å²) in [6, 6.07) is 0. The first-order chi connectivity index (χ1) is 15.4. The minimum Gasteiger partial charge on any atom is -0.507 e. The maximum Gasteiger partial charge on any atom is 0.170 e. The van der Waals surface area contributed by atoms with Crippen molar-refractivity contribution in [1.82, 2.24) is 0 Å². The highest BCUT2D eigenvalue weighted by Gasteiger charge is 2.65. The molecule has 4 atom stereocenters. The lowest BCUT2D eigenvalue weighted by molar-refractivity contribution is 0.00493. The predicted molar refractivity (Wildman–Crippen MR) is 128 cm³/mol. The van der Waals surface area contributed by atoms with Crippen LogP contribution in [0.5, 0.6) is 17.2 Å². The van der Waals surface area contributed by atoms with Crippen LogP contribution < -0.4 is 4.74 Å². The van der Waals surface area contributed by atoms with Gasteiger partial charge >= 0.3 is 0 Å². The molecule has 0 unspecified atom stereocenters. The van der Waals surface area contributed by atoms with Gasteiger partial charge in [0.15, 0.2) is 12.1 Å². The molecule has 180 valence electrons. The summed E-state index contributed by atoms with van der Waals surface area (Å²) in [6.07, 6.45) is 7.47. The standard InChI is InChI=1S/C28H38O5/c1-15(2)12-20(30)21-23(31)17-13-28(6)11-7-8-16(3)9-10-19-22(27(19,4)5)26(28)33-25(17)18(14-29)24(21)32/h8,14-15,19,22,26,31-32H,7,9-13H2,1-6H3/t19-,22+,26-,28-/m1/s1. The third-order valence-corrected chi connectivity index (χ3v) is 8.56. The van der Waals surface area contributed by atoms with E-state index < -0.39 is 5.75 Å². The largest absolute Gasteiger partial charge is 0.507 e. The number of benzene rings is 1. The predicted octanol–water partition coefficient (Wildman–Crippen LogP) is 6.24. The maximum absolute atomic E-state index is 12.9. The first-order valence-electron chi connectivity index (χ1n) is 12.3. The van der Waals surface area contributed by atoms with Gasteiger partial charge in [0, 0.05) is 23.3 Å². The number of ether oxygens (including phenoxy) is 1. The Labute approximate surface area is 197 Å². The van der Waals surface area contributed by atoms with Crippen molar-refractivity contribution in [3.8, 4) is 17.2 Å². The molecule has 1 aromatic carbocycles. The normalized spacial score (nSPS) is 30.3. The van der Waals surface area contributed by atoms with Crippen molar-refractivity contribution >= 4 is 12.1 Å². The van der Waals surface area contributed by atoms with Crippen LogP contribution in [0, 0.1) is 28.6 Å². The Kier molecular flexibility index (Phi) is 5.91. The highest BCUT2D eigenvalue weighted by atomic mass is 16.5. The van der Waals surface area contributed by atoms with Crippen LogP contribution >= 0.6 is 0 Å². The Hall–Kier alpha value is -2.30. The Bertz CT molecular complexity index is 1020. The molecule has 1 heterocycles. The lowest BCUT2D eigenvalue weighted by Crippen LogP contribution is -2.45. The van der Waals surface area contributed by atoms with E-state index in [1.54, 1.807) is 0 Å². The molecular weight excluding hydrogens is 416 g/mol. The number of carbonyl (C=O) groups excluding carboxylic acids is 2. The number of hydrogen-bond acceptors (Lipinski definition) is 5. The van der Waals surface area contributed by atoms with Gasteiger partial charge in [-0.25, -0.2) is 0 Å². The molecule has 0 bridgehead atoms. The van der Waals surface area contributed by atoms with Crippen molar-refractivity contribution in [3.05, 3.63) is 28.3 Å². The highest BCUT2D eigenvalue weighted by Crippen LogP contribution is 2.67. The fourth-order valence-electron chi connectivity index (χ4n) is 6.50. The van der Waals surface area contributed by atoms with E-state index in [0.717, 1.165) is 25.7 Å². The first-order valence-corrected chi connectivity index (χ1v) is 12.3. The number of allylic oxidation sites excluding steroid dienone is 2. The van der Waals surface area contributed by atoms with E-state index >= 15 is 0 Å². The molecule has 5 heteroatoms. The second-order valence-electron chi connectivity index (χ2n) is 11.9. The number of Topliss-reactive ketones (excluding diaryl/α,β-unsaturated/α-hetero) is 1. The Balaban J connectivity index is 1.85. The van der Waals surface area contributed by atoms with Gasteiger partial charge in [0.05, 0.1) is 5.56 Å². The number of rotatable bonds is 4. The number of phenols is 2. The number of fused-ring (bicyclic) bond motifs is 4. The molecule has 5 nitrogen and oxygen atoms in total. The molecule has 1 aromatic rings. The zero-order chi connectivity index (χ0) is 24.3. The average Bonchev–Trinajstić information content (AvgIpc) is 3.26. The minimum absolute atomic E-state index is 0.0141. The summed E-state index contributed by atoms with van der Waals surface area (Å²) in [6.45, 7) is 12.8. The molecule has 0 amide bonds. The average molecular weight is 455 g/mol. The Morgan fingerprint density at radius 1 is 1.24 bits per heavy atom. The van der Waals surface area contributed by atoms with Gasteiger partial charge in [-0.15, -0.1) is 0 Å². The van der Waals surface area contributed by atoms with Gasteiger partial charge in [-0.1, -0.05) is 46.3 Å². The van der Waals surface area contributed by atoms with Crippen LogP contribution in [0.2, 0.25) is 0 Å². The second-order valence-corrected chi connectivity index (χ2v) is 11.9. The van der Waals surface area contributed by atoms with Crippen LogP contribution in [0.1, 0.15) is 99.9 Å². The number of phenolic OH excluding ortho intramolecular Hbond substituents is 2. The van der Waals surface area contributed by atoms with E-state index in [4.69, 9.17) is 4.74 Å². The van der Waals surface area contributed by atoms with Gasteiger partial charge in [-0.05, 0) is 56.3 Å². The van der Waals surface area contributed by atoms with Crippen molar-refractivity contribution in [2.45, 2.75) is 86.2 Å². The molecule has 4 rings (SSSR count).